The highest BCUT2D eigenvalue weighted by Crippen LogP contribution is 2.20. The summed E-state index contributed by atoms with van der Waals surface area (Å²) in [6.45, 7) is 4.68. The van der Waals surface area contributed by atoms with Gasteiger partial charge in [0.2, 0.25) is 11.8 Å². The summed E-state index contributed by atoms with van der Waals surface area (Å²) in [5.74, 6) is 1.54. The Morgan fingerprint density at radius 1 is 1.13 bits per heavy atom. The van der Waals surface area contributed by atoms with Crippen molar-refractivity contribution in [2.45, 2.75) is 38.6 Å². The summed E-state index contributed by atoms with van der Waals surface area (Å²) in [6, 6.07) is 14.7. The number of rotatable bonds is 11. The van der Waals surface area contributed by atoms with Gasteiger partial charge in [0.1, 0.15) is 11.8 Å². The average Bonchev–Trinajstić information content (AvgIpc) is 2.75. The van der Waals surface area contributed by atoms with Crippen molar-refractivity contribution >= 4 is 35.2 Å². The average molecular weight is 449 g/mol. The van der Waals surface area contributed by atoms with Gasteiger partial charge >= 0.3 is 0 Å². The maximum absolute atomic E-state index is 13.1. The van der Waals surface area contributed by atoms with Crippen LogP contribution in [0, 0.1) is 0 Å². The predicted molar refractivity (Wildman–Crippen MR) is 124 cm³/mol. The Balaban J connectivity index is 2.12. The van der Waals surface area contributed by atoms with Crippen molar-refractivity contribution in [3.05, 3.63) is 64.7 Å². The van der Waals surface area contributed by atoms with E-state index in [9.17, 15) is 9.59 Å². The van der Waals surface area contributed by atoms with E-state index >= 15 is 0 Å². The fraction of sp³-hybridized carbons (Fsp3) is 0.391. The number of hydrogen-bond acceptors (Lipinski definition) is 4. The molecule has 0 radical (unpaired) electrons. The van der Waals surface area contributed by atoms with Crippen LogP contribution in [0.25, 0.3) is 0 Å². The predicted octanol–water partition coefficient (Wildman–Crippen LogP) is 4.53. The van der Waals surface area contributed by atoms with Crippen LogP contribution in [0.3, 0.4) is 0 Å². The molecule has 0 aromatic heterocycles. The van der Waals surface area contributed by atoms with Crippen molar-refractivity contribution in [3.8, 4) is 5.75 Å². The first-order valence-corrected chi connectivity index (χ1v) is 11.5. The lowest BCUT2D eigenvalue weighted by Crippen LogP contribution is -2.49. The fourth-order valence-corrected chi connectivity index (χ4v) is 4.10. The van der Waals surface area contributed by atoms with Gasteiger partial charge in [0.15, 0.2) is 0 Å². The summed E-state index contributed by atoms with van der Waals surface area (Å²) in [6.07, 6.45) is 0.545. The van der Waals surface area contributed by atoms with Gasteiger partial charge in [-0.15, -0.1) is 11.8 Å². The van der Waals surface area contributed by atoms with Crippen molar-refractivity contribution in [1.82, 2.24) is 10.2 Å². The Labute approximate surface area is 188 Å². The van der Waals surface area contributed by atoms with Crippen LogP contribution >= 0.6 is 23.4 Å². The standard InChI is InChI=1S/C23H29ClN2O3S/c1-4-21(23(28)25-5-2)26(14-18-7-6-8-20(13-18)29-3)22(27)16-30-15-17-9-11-19(24)12-10-17/h6-13,21H,4-5,14-16H2,1-3H3,(H,25,28). The molecule has 5 nitrogen and oxygen atoms in total. The zero-order valence-electron chi connectivity index (χ0n) is 17.7. The zero-order chi connectivity index (χ0) is 21.9. The molecule has 0 heterocycles. The number of carbonyl (C=O) groups excluding carboxylic acids is 2. The molecule has 2 aromatic carbocycles. The van der Waals surface area contributed by atoms with Gasteiger partial charge in [-0.05, 0) is 48.7 Å². The molecule has 162 valence electrons. The second-order valence-electron chi connectivity index (χ2n) is 6.81. The lowest BCUT2D eigenvalue weighted by Gasteiger charge is -2.30. The van der Waals surface area contributed by atoms with Crippen LogP contribution in [0.1, 0.15) is 31.4 Å². The van der Waals surface area contributed by atoms with Crippen LogP contribution < -0.4 is 10.1 Å². The Morgan fingerprint density at radius 2 is 1.87 bits per heavy atom. The Hall–Kier alpha value is -2.18. The van der Waals surface area contributed by atoms with E-state index in [1.54, 1.807) is 12.0 Å². The van der Waals surface area contributed by atoms with E-state index in [2.05, 4.69) is 5.32 Å². The van der Waals surface area contributed by atoms with E-state index in [1.165, 1.54) is 11.8 Å². The van der Waals surface area contributed by atoms with Gasteiger partial charge in [-0.2, -0.15) is 0 Å². The normalized spacial score (nSPS) is 11.6. The third kappa shape index (κ3) is 7.26. The van der Waals surface area contributed by atoms with Gasteiger partial charge in [-0.25, -0.2) is 0 Å². The molecular weight excluding hydrogens is 420 g/mol. The Morgan fingerprint density at radius 3 is 2.50 bits per heavy atom. The first kappa shape index (κ1) is 24.1. The number of hydrogen-bond donors (Lipinski definition) is 1. The van der Waals surface area contributed by atoms with Crippen molar-refractivity contribution in [3.63, 3.8) is 0 Å². The van der Waals surface area contributed by atoms with Gasteiger partial charge < -0.3 is 15.0 Å². The molecule has 1 N–H and O–H groups in total. The minimum absolute atomic E-state index is 0.0603. The van der Waals surface area contributed by atoms with Crippen molar-refractivity contribution in [2.24, 2.45) is 0 Å². The van der Waals surface area contributed by atoms with Crippen LogP contribution in [0.15, 0.2) is 48.5 Å². The number of methoxy groups -OCH3 is 1. The van der Waals surface area contributed by atoms with E-state index < -0.39 is 6.04 Å². The second-order valence-corrected chi connectivity index (χ2v) is 8.23. The molecule has 0 aliphatic rings. The molecule has 0 bridgehead atoms. The molecule has 0 saturated carbocycles. The fourth-order valence-electron chi connectivity index (χ4n) is 3.10. The van der Waals surface area contributed by atoms with Crippen molar-refractivity contribution in [1.29, 1.82) is 0 Å². The number of halogens is 1. The van der Waals surface area contributed by atoms with E-state index in [1.807, 2.05) is 62.4 Å². The van der Waals surface area contributed by atoms with Crippen LogP contribution in [-0.2, 0) is 21.9 Å². The highest BCUT2D eigenvalue weighted by molar-refractivity contribution is 7.99. The Bertz CT molecular complexity index is 829. The van der Waals surface area contributed by atoms with Gasteiger partial charge in [0.05, 0.1) is 12.9 Å². The smallest absolute Gasteiger partial charge is 0.242 e. The van der Waals surface area contributed by atoms with E-state index in [-0.39, 0.29) is 11.8 Å². The van der Waals surface area contributed by atoms with E-state index in [0.29, 0.717) is 36.0 Å². The molecule has 0 aliphatic heterocycles. The molecular formula is C23H29ClN2O3S. The summed E-state index contributed by atoms with van der Waals surface area (Å²) >= 11 is 7.46. The molecule has 7 heteroatoms. The van der Waals surface area contributed by atoms with E-state index in [0.717, 1.165) is 16.9 Å². The zero-order valence-corrected chi connectivity index (χ0v) is 19.3. The number of nitrogens with zero attached hydrogens (tertiary/aromatic N) is 1. The van der Waals surface area contributed by atoms with Crippen molar-refractivity contribution < 1.29 is 14.3 Å². The van der Waals surface area contributed by atoms with E-state index in [4.69, 9.17) is 16.3 Å². The maximum atomic E-state index is 13.1. The molecule has 0 spiro atoms. The summed E-state index contributed by atoms with van der Waals surface area (Å²) in [5, 5.41) is 3.54. The number of benzene rings is 2. The molecule has 2 aromatic rings. The number of amides is 2. The molecule has 0 aliphatic carbocycles. The SMILES string of the molecule is CCNC(=O)C(CC)N(Cc1cccc(OC)c1)C(=O)CSCc1ccc(Cl)cc1. The molecule has 0 fully saturated rings. The number of nitrogens with one attached hydrogen (secondary N) is 1. The third-order valence-electron chi connectivity index (χ3n) is 4.63. The summed E-state index contributed by atoms with van der Waals surface area (Å²) in [5.41, 5.74) is 2.03. The number of thioether (sulfide) groups is 1. The molecule has 0 saturated heterocycles. The molecule has 1 unspecified atom stereocenters. The monoisotopic (exact) mass is 448 g/mol. The summed E-state index contributed by atoms with van der Waals surface area (Å²) in [4.78, 5) is 27.4. The van der Waals surface area contributed by atoms with Crippen LogP contribution in [-0.4, -0.2) is 42.2 Å². The molecule has 2 rings (SSSR count). The first-order valence-electron chi connectivity index (χ1n) is 10.0. The number of likely N-dealkylation sites (N-methyl/N-ethyl adjacent to an activating group) is 1. The molecule has 1 atom stereocenters. The topological polar surface area (TPSA) is 58.6 Å². The van der Waals surface area contributed by atoms with Crippen LogP contribution in [0.2, 0.25) is 5.02 Å². The number of ether oxygens (including phenoxy) is 1. The lowest BCUT2D eigenvalue weighted by atomic mass is 10.1. The first-order chi connectivity index (χ1) is 14.5. The lowest BCUT2D eigenvalue weighted by molar-refractivity contribution is -0.139. The van der Waals surface area contributed by atoms with Crippen molar-refractivity contribution in [2.75, 3.05) is 19.4 Å². The van der Waals surface area contributed by atoms with Gasteiger partial charge in [-0.1, -0.05) is 42.8 Å². The third-order valence-corrected chi connectivity index (χ3v) is 5.87. The summed E-state index contributed by atoms with van der Waals surface area (Å²) < 4.78 is 5.30. The Kier molecular flexibility index (Phi) is 10.0. The largest absolute Gasteiger partial charge is 0.497 e. The quantitative estimate of drug-likeness (QED) is 0.548. The second kappa shape index (κ2) is 12.5. The summed E-state index contributed by atoms with van der Waals surface area (Å²) in [7, 11) is 1.61. The van der Waals surface area contributed by atoms with Crippen LogP contribution in [0.5, 0.6) is 5.75 Å². The van der Waals surface area contributed by atoms with Gasteiger partial charge in [0.25, 0.3) is 0 Å². The minimum Gasteiger partial charge on any atom is -0.497 e. The van der Waals surface area contributed by atoms with Crippen LogP contribution in [0.4, 0.5) is 0 Å². The maximum Gasteiger partial charge on any atom is 0.242 e. The highest BCUT2D eigenvalue weighted by atomic mass is 35.5. The molecule has 30 heavy (non-hydrogen) atoms. The van der Waals surface area contributed by atoms with Gasteiger partial charge in [-0.3, -0.25) is 9.59 Å². The molecule has 2 amide bonds. The number of carbonyl (C=O) groups is 2. The van der Waals surface area contributed by atoms with Gasteiger partial charge in [0, 0.05) is 23.9 Å². The minimum atomic E-state index is -0.514. The highest BCUT2D eigenvalue weighted by Gasteiger charge is 2.28.